The van der Waals surface area contributed by atoms with E-state index in [1.807, 2.05) is 0 Å². The zero-order valence-corrected chi connectivity index (χ0v) is 5.42. The molecule has 0 radical (unpaired) electrons. The number of aromatic nitrogens is 1. The Morgan fingerprint density at radius 1 is 1.55 bits per heavy atom. The van der Waals surface area contributed by atoms with E-state index in [1.165, 1.54) is 0 Å². The topological polar surface area (TPSA) is 58.3 Å². The van der Waals surface area contributed by atoms with Gasteiger partial charge >= 0.3 is 29.6 Å². The monoisotopic (exact) mass is 164 g/mol. The van der Waals surface area contributed by atoms with Crippen molar-refractivity contribution < 1.29 is 9.63 Å². The molecule has 0 saturated heterocycles. The molecule has 0 saturated carbocycles. The van der Waals surface area contributed by atoms with Gasteiger partial charge in [0.15, 0.2) is 5.76 Å². The molecule has 2 N–H and O–H groups in total. The van der Waals surface area contributed by atoms with E-state index in [2.05, 4.69) is 10.5 Å². The summed E-state index contributed by atoms with van der Waals surface area (Å²) in [5, 5.41) is 15.6. The average molecular weight is 164 g/mol. The first-order valence-corrected chi connectivity index (χ1v) is 3.25. The Morgan fingerprint density at radius 3 is 3.09 bits per heavy atom. The van der Waals surface area contributed by atoms with Crippen LogP contribution >= 0.6 is 0 Å². The van der Waals surface area contributed by atoms with Crippen LogP contribution in [0.5, 0.6) is 5.88 Å². The molecule has 1 aliphatic rings. The molecule has 0 unspecified atom stereocenters. The fourth-order valence-corrected chi connectivity index (χ4v) is 1.14. The van der Waals surface area contributed by atoms with Crippen LogP contribution in [-0.4, -0.2) is 46.4 Å². The zero-order chi connectivity index (χ0) is 6.97. The van der Waals surface area contributed by atoms with Gasteiger partial charge in [-0.1, -0.05) is 0 Å². The van der Waals surface area contributed by atoms with Crippen molar-refractivity contribution in [2.45, 2.75) is 13.0 Å². The van der Waals surface area contributed by atoms with Crippen molar-refractivity contribution in [3.63, 3.8) is 0 Å². The van der Waals surface area contributed by atoms with Gasteiger partial charge in [0, 0.05) is 0 Å². The summed E-state index contributed by atoms with van der Waals surface area (Å²) < 4.78 is 4.82. The summed E-state index contributed by atoms with van der Waals surface area (Å²) in [5.41, 5.74) is 0.860. The zero-order valence-electron chi connectivity index (χ0n) is 5.42. The van der Waals surface area contributed by atoms with E-state index >= 15 is 0 Å². The number of hydrogen-bond acceptors (Lipinski definition) is 4. The van der Waals surface area contributed by atoms with Crippen LogP contribution in [0.4, 0.5) is 0 Å². The Kier molecular flexibility index (Phi) is 2.95. The van der Waals surface area contributed by atoms with Crippen LogP contribution in [0, 0.1) is 0 Å². The van der Waals surface area contributed by atoms with Gasteiger partial charge in [-0.2, -0.15) is 0 Å². The maximum atomic E-state index is 9.06. The van der Waals surface area contributed by atoms with Crippen molar-refractivity contribution in [3.05, 3.63) is 11.3 Å². The van der Waals surface area contributed by atoms with Gasteiger partial charge in [-0.25, -0.2) is 0 Å². The van der Waals surface area contributed by atoms with Crippen molar-refractivity contribution in [3.8, 4) is 5.88 Å². The second-order valence-electron chi connectivity index (χ2n) is 2.33. The van der Waals surface area contributed by atoms with Crippen LogP contribution in [0.2, 0.25) is 0 Å². The van der Waals surface area contributed by atoms with E-state index in [0.29, 0.717) is 6.54 Å². The molecule has 0 fully saturated rings. The van der Waals surface area contributed by atoms with Crippen molar-refractivity contribution in [2.24, 2.45) is 0 Å². The first kappa shape index (κ1) is 9.06. The molecule has 0 bridgehead atoms. The van der Waals surface area contributed by atoms with Crippen LogP contribution in [0.3, 0.4) is 0 Å². The van der Waals surface area contributed by atoms with Crippen LogP contribution in [0.1, 0.15) is 11.3 Å². The summed E-state index contributed by atoms with van der Waals surface area (Å²) >= 11 is 0. The minimum atomic E-state index is 0. The standard InChI is InChI=1S/C6H8N2O2.Na.H/c9-6-4-1-2-7-3-5(4)10-8-6;;/h7H,1-3H2,(H,8,9);;. The van der Waals surface area contributed by atoms with Crippen molar-refractivity contribution >= 4 is 29.6 Å². The second-order valence-corrected chi connectivity index (χ2v) is 2.33. The normalized spacial score (nSPS) is 15.3. The summed E-state index contributed by atoms with van der Waals surface area (Å²) in [6, 6.07) is 0. The molecule has 0 aliphatic carbocycles. The van der Waals surface area contributed by atoms with Crippen LogP contribution in [-0.2, 0) is 13.0 Å². The quantitative estimate of drug-likeness (QED) is 0.501. The molecule has 11 heavy (non-hydrogen) atoms. The molecule has 2 rings (SSSR count). The van der Waals surface area contributed by atoms with E-state index in [4.69, 9.17) is 9.63 Å². The van der Waals surface area contributed by atoms with Gasteiger partial charge in [0.2, 0.25) is 0 Å². The van der Waals surface area contributed by atoms with E-state index in [0.717, 1.165) is 24.3 Å². The van der Waals surface area contributed by atoms with Gasteiger partial charge in [0.1, 0.15) is 0 Å². The maximum absolute atomic E-state index is 9.06. The third-order valence-electron chi connectivity index (χ3n) is 1.69. The number of nitrogens with zero attached hydrogens (tertiary/aromatic N) is 1. The van der Waals surface area contributed by atoms with E-state index in [1.54, 1.807) is 0 Å². The molecule has 1 aromatic heterocycles. The number of hydrogen-bond donors (Lipinski definition) is 2. The summed E-state index contributed by atoms with van der Waals surface area (Å²) in [4.78, 5) is 0. The van der Waals surface area contributed by atoms with Gasteiger partial charge in [0.05, 0.1) is 12.1 Å². The Bertz CT molecular complexity index is 249. The molecule has 0 spiro atoms. The SMILES string of the molecule is Oc1noc2c1CCNC2.[NaH]. The number of rotatable bonds is 0. The van der Waals surface area contributed by atoms with Gasteiger partial charge < -0.3 is 14.9 Å². The second kappa shape index (κ2) is 3.58. The summed E-state index contributed by atoms with van der Waals surface area (Å²) in [5.74, 6) is 0.820. The van der Waals surface area contributed by atoms with Crippen LogP contribution in [0.15, 0.2) is 4.52 Å². The van der Waals surface area contributed by atoms with E-state index in [-0.39, 0.29) is 35.4 Å². The molecule has 0 amide bonds. The molecule has 4 nitrogen and oxygen atoms in total. The summed E-state index contributed by atoms with van der Waals surface area (Å²) in [7, 11) is 0. The first-order valence-electron chi connectivity index (χ1n) is 3.25. The van der Waals surface area contributed by atoms with Crippen molar-refractivity contribution in [1.82, 2.24) is 10.5 Å². The Balaban J connectivity index is 0.000000605. The van der Waals surface area contributed by atoms with E-state index in [9.17, 15) is 0 Å². The van der Waals surface area contributed by atoms with Crippen molar-refractivity contribution in [2.75, 3.05) is 6.54 Å². The Hall–Kier alpha value is -0.0300. The van der Waals surface area contributed by atoms with Crippen LogP contribution < -0.4 is 5.32 Å². The summed E-state index contributed by atoms with van der Waals surface area (Å²) in [6.07, 6.45) is 0.810. The van der Waals surface area contributed by atoms with Crippen molar-refractivity contribution in [1.29, 1.82) is 0 Å². The van der Waals surface area contributed by atoms with Crippen LogP contribution in [0.25, 0.3) is 0 Å². The first-order chi connectivity index (χ1) is 4.88. The molecule has 1 aromatic rings. The third-order valence-corrected chi connectivity index (χ3v) is 1.69. The molecular weight excluding hydrogens is 155 g/mol. The van der Waals surface area contributed by atoms with Gasteiger partial charge in [-0.15, -0.1) is 0 Å². The Labute approximate surface area is 86.2 Å². The molecular formula is C6H9N2NaO2. The minimum absolute atomic E-state index is 0. The fraction of sp³-hybridized carbons (Fsp3) is 0.500. The molecule has 56 valence electrons. The average Bonchev–Trinajstić information content (AvgIpc) is 2.34. The van der Waals surface area contributed by atoms with Gasteiger partial charge in [-0.3, -0.25) is 0 Å². The predicted molar refractivity (Wildman–Crippen MR) is 40.7 cm³/mol. The van der Waals surface area contributed by atoms with Gasteiger partial charge in [-0.05, 0) is 18.1 Å². The molecule has 5 heteroatoms. The molecule has 0 aromatic carbocycles. The third kappa shape index (κ3) is 1.59. The predicted octanol–water partition coefficient (Wildman–Crippen LogP) is -0.623. The number of fused-ring (bicyclic) bond motifs is 1. The molecule has 0 atom stereocenters. The van der Waals surface area contributed by atoms with E-state index < -0.39 is 0 Å². The Morgan fingerprint density at radius 2 is 2.36 bits per heavy atom. The molecule has 1 aliphatic heterocycles. The molecule has 2 heterocycles. The fourth-order valence-electron chi connectivity index (χ4n) is 1.14. The number of nitrogens with one attached hydrogen (secondary N) is 1. The number of aromatic hydroxyl groups is 1. The van der Waals surface area contributed by atoms with Gasteiger partial charge in [0.25, 0.3) is 5.88 Å². The summed E-state index contributed by atoms with van der Waals surface area (Å²) in [6.45, 7) is 1.57.